The van der Waals surface area contributed by atoms with Gasteiger partial charge in [0.2, 0.25) is 5.95 Å². The second-order valence-corrected chi connectivity index (χ2v) is 7.23. The van der Waals surface area contributed by atoms with E-state index >= 15 is 0 Å². The Hall–Kier alpha value is -2.44. The third-order valence-corrected chi connectivity index (χ3v) is 4.96. The molecular formula is C19H16Cl2FN5. The van der Waals surface area contributed by atoms with Crippen molar-refractivity contribution in [3.63, 3.8) is 0 Å². The monoisotopic (exact) mass is 403 g/mol. The summed E-state index contributed by atoms with van der Waals surface area (Å²) in [5, 5.41) is 7.14. The molecule has 0 radical (unpaired) electrons. The van der Waals surface area contributed by atoms with Gasteiger partial charge in [-0.3, -0.25) is 0 Å². The fourth-order valence-corrected chi connectivity index (χ4v) is 3.46. The van der Waals surface area contributed by atoms with Crippen LogP contribution in [0.2, 0.25) is 10.0 Å². The fraction of sp³-hybridized carbons (Fsp3) is 0.211. The predicted octanol–water partition coefficient (Wildman–Crippen LogP) is 4.68. The van der Waals surface area contributed by atoms with Gasteiger partial charge in [0.05, 0.1) is 10.0 Å². The Balaban J connectivity index is 1.38. The molecule has 0 aliphatic carbocycles. The number of hydrogen-bond donors (Lipinski definition) is 2. The first-order chi connectivity index (χ1) is 13.1. The van der Waals surface area contributed by atoms with Crippen LogP contribution in [0.1, 0.15) is 22.6 Å². The topological polar surface area (TPSA) is 62.7 Å². The van der Waals surface area contributed by atoms with Gasteiger partial charge in [0.15, 0.2) is 0 Å². The van der Waals surface area contributed by atoms with Crippen LogP contribution < -0.4 is 10.6 Å². The first kappa shape index (κ1) is 17.9. The number of benzene rings is 1. The molecule has 5 nitrogen and oxygen atoms in total. The molecule has 2 N–H and O–H groups in total. The predicted molar refractivity (Wildman–Crippen MR) is 105 cm³/mol. The normalized spacial score (nSPS) is 15.3. The quantitative estimate of drug-likeness (QED) is 0.647. The van der Waals surface area contributed by atoms with Crippen molar-refractivity contribution in [1.29, 1.82) is 0 Å². The SMILES string of the molecule is Fc1ccc(CNc2ncc(CC3CNc4ncc(Cl)cc43)cn2)cc1Cl. The van der Waals surface area contributed by atoms with Crippen LogP contribution in [0.4, 0.5) is 16.2 Å². The van der Waals surface area contributed by atoms with Crippen molar-refractivity contribution in [1.82, 2.24) is 15.0 Å². The van der Waals surface area contributed by atoms with Crippen molar-refractivity contribution in [2.24, 2.45) is 0 Å². The number of halogens is 3. The van der Waals surface area contributed by atoms with Gasteiger partial charge in [-0.15, -0.1) is 0 Å². The highest BCUT2D eigenvalue weighted by molar-refractivity contribution is 6.31. The second kappa shape index (κ2) is 7.66. The van der Waals surface area contributed by atoms with Crippen molar-refractivity contribution >= 4 is 35.0 Å². The van der Waals surface area contributed by atoms with Gasteiger partial charge < -0.3 is 10.6 Å². The summed E-state index contributed by atoms with van der Waals surface area (Å²) in [6, 6.07) is 6.56. The van der Waals surface area contributed by atoms with Gasteiger partial charge in [0, 0.05) is 43.2 Å². The zero-order valence-electron chi connectivity index (χ0n) is 14.2. The van der Waals surface area contributed by atoms with E-state index in [9.17, 15) is 4.39 Å². The van der Waals surface area contributed by atoms with E-state index in [-0.39, 0.29) is 10.9 Å². The summed E-state index contributed by atoms with van der Waals surface area (Å²) >= 11 is 11.9. The molecule has 27 heavy (non-hydrogen) atoms. The highest BCUT2D eigenvalue weighted by Gasteiger charge is 2.24. The molecular weight excluding hydrogens is 388 g/mol. The Morgan fingerprint density at radius 3 is 2.67 bits per heavy atom. The maximum Gasteiger partial charge on any atom is 0.222 e. The van der Waals surface area contributed by atoms with Crippen LogP contribution in [0.5, 0.6) is 0 Å². The van der Waals surface area contributed by atoms with Crippen molar-refractivity contribution in [2.45, 2.75) is 18.9 Å². The number of nitrogens with zero attached hydrogens (tertiary/aromatic N) is 3. The molecule has 1 aliphatic heterocycles. The number of fused-ring (bicyclic) bond motifs is 1. The summed E-state index contributed by atoms with van der Waals surface area (Å²) in [7, 11) is 0. The Bertz CT molecular complexity index is 965. The Morgan fingerprint density at radius 2 is 1.89 bits per heavy atom. The van der Waals surface area contributed by atoms with Crippen molar-refractivity contribution in [3.8, 4) is 0 Å². The van der Waals surface area contributed by atoms with Gasteiger partial charge in [-0.25, -0.2) is 19.3 Å². The van der Waals surface area contributed by atoms with Gasteiger partial charge in [0.1, 0.15) is 11.6 Å². The van der Waals surface area contributed by atoms with Crippen LogP contribution in [0.3, 0.4) is 0 Å². The second-order valence-electron chi connectivity index (χ2n) is 6.39. The minimum Gasteiger partial charge on any atom is -0.369 e. The van der Waals surface area contributed by atoms with E-state index in [1.165, 1.54) is 6.07 Å². The largest absolute Gasteiger partial charge is 0.369 e. The number of nitrogens with one attached hydrogen (secondary N) is 2. The molecule has 1 aliphatic rings. The lowest BCUT2D eigenvalue weighted by Gasteiger charge is -2.10. The molecule has 4 rings (SSSR count). The van der Waals surface area contributed by atoms with Gasteiger partial charge in [-0.05, 0) is 35.7 Å². The summed E-state index contributed by atoms with van der Waals surface area (Å²) in [5.41, 5.74) is 3.01. The zero-order valence-corrected chi connectivity index (χ0v) is 15.7. The lowest BCUT2D eigenvalue weighted by Crippen LogP contribution is -2.08. The van der Waals surface area contributed by atoms with Crippen molar-refractivity contribution < 1.29 is 4.39 Å². The number of anilines is 2. The smallest absolute Gasteiger partial charge is 0.222 e. The number of pyridine rings is 1. The molecule has 1 aromatic carbocycles. The Morgan fingerprint density at radius 1 is 1.07 bits per heavy atom. The maximum atomic E-state index is 13.2. The van der Waals surface area contributed by atoms with Gasteiger partial charge in [-0.1, -0.05) is 29.3 Å². The van der Waals surface area contributed by atoms with Gasteiger partial charge >= 0.3 is 0 Å². The molecule has 0 saturated carbocycles. The first-order valence-corrected chi connectivity index (χ1v) is 9.22. The molecule has 3 heterocycles. The van der Waals surface area contributed by atoms with Crippen LogP contribution >= 0.6 is 23.2 Å². The molecule has 0 amide bonds. The molecule has 0 fully saturated rings. The number of aromatic nitrogens is 3. The Kier molecular flexibility index (Phi) is 5.09. The lowest BCUT2D eigenvalue weighted by molar-refractivity contribution is 0.627. The molecule has 138 valence electrons. The van der Waals surface area contributed by atoms with E-state index in [0.717, 1.165) is 35.5 Å². The summed E-state index contributed by atoms with van der Waals surface area (Å²) in [4.78, 5) is 13.0. The zero-order chi connectivity index (χ0) is 18.8. The van der Waals surface area contributed by atoms with E-state index < -0.39 is 5.82 Å². The standard InChI is InChI=1S/C19H16Cl2FN5/c20-14-5-15-13(9-23-18(15)24-10-14)3-12-7-26-19(27-8-12)25-6-11-1-2-17(22)16(21)4-11/h1-2,4-5,7-8,10,13H,3,6,9H2,(H,23,24)(H,25,26,27). The molecule has 8 heteroatoms. The summed E-state index contributed by atoms with van der Waals surface area (Å²) in [6.45, 7) is 1.28. The molecule has 3 aromatic rings. The van der Waals surface area contributed by atoms with Crippen molar-refractivity contribution in [2.75, 3.05) is 17.2 Å². The third kappa shape index (κ3) is 4.12. The van der Waals surface area contributed by atoms with Crippen molar-refractivity contribution in [3.05, 3.63) is 75.4 Å². The molecule has 2 aromatic heterocycles. The van der Waals surface area contributed by atoms with Gasteiger partial charge in [-0.2, -0.15) is 0 Å². The maximum absolute atomic E-state index is 13.2. The van der Waals surface area contributed by atoms with E-state index in [1.54, 1.807) is 18.3 Å². The van der Waals surface area contributed by atoms with E-state index in [0.29, 0.717) is 17.5 Å². The first-order valence-electron chi connectivity index (χ1n) is 8.46. The van der Waals surface area contributed by atoms with E-state index in [2.05, 4.69) is 25.6 Å². The van der Waals surface area contributed by atoms with Gasteiger partial charge in [0.25, 0.3) is 0 Å². The minimum atomic E-state index is -0.430. The minimum absolute atomic E-state index is 0.102. The van der Waals surface area contributed by atoms with E-state index in [1.807, 2.05) is 18.5 Å². The summed E-state index contributed by atoms with van der Waals surface area (Å²) in [5.74, 6) is 1.26. The molecule has 0 bridgehead atoms. The molecule has 1 unspecified atom stereocenters. The van der Waals surface area contributed by atoms with Crippen LogP contribution in [-0.4, -0.2) is 21.5 Å². The Labute approximate surface area is 166 Å². The molecule has 0 saturated heterocycles. The highest BCUT2D eigenvalue weighted by Crippen LogP contribution is 2.33. The lowest BCUT2D eigenvalue weighted by atomic mass is 9.96. The number of hydrogen-bond acceptors (Lipinski definition) is 5. The number of rotatable bonds is 5. The third-order valence-electron chi connectivity index (χ3n) is 4.46. The average molecular weight is 404 g/mol. The summed E-state index contributed by atoms with van der Waals surface area (Å²) < 4.78 is 13.2. The van der Waals surface area contributed by atoms with Crippen LogP contribution in [0.15, 0.2) is 42.9 Å². The molecule has 1 atom stereocenters. The molecule has 0 spiro atoms. The fourth-order valence-electron chi connectivity index (χ4n) is 3.09. The van der Waals surface area contributed by atoms with Crippen LogP contribution in [0, 0.1) is 5.82 Å². The van der Waals surface area contributed by atoms with E-state index in [4.69, 9.17) is 23.2 Å². The average Bonchev–Trinajstić information content (AvgIpc) is 3.06. The van der Waals surface area contributed by atoms with Crippen LogP contribution in [0.25, 0.3) is 0 Å². The summed E-state index contributed by atoms with van der Waals surface area (Å²) in [6.07, 6.45) is 6.06. The highest BCUT2D eigenvalue weighted by atomic mass is 35.5. The van der Waals surface area contributed by atoms with Crippen LogP contribution in [-0.2, 0) is 13.0 Å².